The number of rotatable bonds is 1. The molecule has 2 aliphatic heterocycles. The Labute approximate surface area is 150 Å². The fraction of sp³-hybridized carbons (Fsp3) is 0.667. The summed E-state index contributed by atoms with van der Waals surface area (Å²) in [4.78, 5) is 17.3. The van der Waals surface area contributed by atoms with Crippen molar-refractivity contribution in [3.05, 3.63) is 29.3 Å². The van der Waals surface area contributed by atoms with Gasteiger partial charge in [0.15, 0.2) is 0 Å². The van der Waals surface area contributed by atoms with E-state index in [1.54, 1.807) is 0 Å². The molecule has 2 fully saturated rings. The van der Waals surface area contributed by atoms with E-state index in [1.165, 1.54) is 24.0 Å². The number of nitrogens with zero attached hydrogens (tertiary/aromatic N) is 2. The highest BCUT2D eigenvalue weighted by atomic mass is 16.3. The molecule has 136 valence electrons. The summed E-state index contributed by atoms with van der Waals surface area (Å²) in [5.74, 6) is 1.19. The highest BCUT2D eigenvalue weighted by Gasteiger charge is 2.53. The topological polar surface area (TPSA) is 43.8 Å². The van der Waals surface area contributed by atoms with Crippen LogP contribution in [0.25, 0.3) is 0 Å². The van der Waals surface area contributed by atoms with E-state index in [2.05, 4.69) is 22.9 Å². The number of piperidine rings is 1. The van der Waals surface area contributed by atoms with Crippen LogP contribution in [0.15, 0.2) is 18.2 Å². The van der Waals surface area contributed by atoms with Crippen molar-refractivity contribution in [2.75, 3.05) is 26.7 Å². The van der Waals surface area contributed by atoms with Crippen LogP contribution in [-0.4, -0.2) is 53.5 Å². The monoisotopic (exact) mass is 342 g/mol. The highest BCUT2D eigenvalue weighted by molar-refractivity contribution is 5.78. The average molecular weight is 342 g/mol. The van der Waals surface area contributed by atoms with Crippen LogP contribution < -0.4 is 0 Å². The predicted molar refractivity (Wildman–Crippen MR) is 98.7 cm³/mol. The first-order valence-corrected chi connectivity index (χ1v) is 9.74. The Balaban J connectivity index is 1.78. The molecule has 0 unspecified atom stereocenters. The van der Waals surface area contributed by atoms with Gasteiger partial charge in [-0.1, -0.05) is 19.9 Å². The van der Waals surface area contributed by atoms with Gasteiger partial charge in [-0.15, -0.1) is 0 Å². The number of amides is 1. The van der Waals surface area contributed by atoms with Crippen molar-refractivity contribution in [2.45, 2.75) is 51.0 Å². The van der Waals surface area contributed by atoms with Crippen LogP contribution in [0.1, 0.15) is 44.2 Å². The van der Waals surface area contributed by atoms with E-state index in [9.17, 15) is 9.90 Å². The Hall–Kier alpha value is -1.55. The maximum Gasteiger partial charge on any atom is 0.225 e. The largest absolute Gasteiger partial charge is 0.508 e. The third kappa shape index (κ3) is 2.57. The maximum atomic E-state index is 12.6. The molecule has 1 N–H and O–H groups in total. The Morgan fingerprint density at radius 1 is 1.28 bits per heavy atom. The molecule has 0 aromatic heterocycles. The van der Waals surface area contributed by atoms with Gasteiger partial charge < -0.3 is 14.9 Å². The van der Waals surface area contributed by atoms with Crippen molar-refractivity contribution >= 4 is 5.91 Å². The summed E-state index contributed by atoms with van der Waals surface area (Å²) in [7, 11) is 2.25. The number of carbonyl (C=O) groups excluding carboxylic acids is 1. The first-order valence-electron chi connectivity index (χ1n) is 9.74. The number of carbonyl (C=O) groups is 1. The Kier molecular flexibility index (Phi) is 4.06. The number of phenolic OH excluding ortho intramolecular Hbond substituents is 1. The number of likely N-dealkylation sites (N-methyl/N-ethyl adjacent to an activating group) is 1. The lowest BCUT2D eigenvalue weighted by molar-refractivity contribution is -0.138. The fourth-order valence-corrected chi connectivity index (χ4v) is 5.70. The van der Waals surface area contributed by atoms with Crippen molar-refractivity contribution in [1.29, 1.82) is 0 Å². The summed E-state index contributed by atoms with van der Waals surface area (Å²) >= 11 is 0. The Morgan fingerprint density at radius 3 is 2.84 bits per heavy atom. The first kappa shape index (κ1) is 16.9. The number of aromatic hydroxyl groups is 1. The lowest BCUT2D eigenvalue weighted by Gasteiger charge is -2.55. The molecule has 0 radical (unpaired) electrons. The molecule has 4 heteroatoms. The molecule has 4 nitrogen and oxygen atoms in total. The molecule has 2 bridgehead atoms. The van der Waals surface area contributed by atoms with E-state index in [4.69, 9.17) is 0 Å². The quantitative estimate of drug-likeness (QED) is 0.853. The molecule has 3 atom stereocenters. The summed E-state index contributed by atoms with van der Waals surface area (Å²) in [5, 5.41) is 10.1. The lowest BCUT2D eigenvalue weighted by Crippen LogP contribution is -2.60. The number of fused-ring (bicyclic) bond motifs is 1. The van der Waals surface area contributed by atoms with E-state index >= 15 is 0 Å². The molecular formula is C21H30N2O2. The SMILES string of the molecule is CC(C)C(=O)N1CC[C@]23CCCN(C)[C@H](Cc4ccc(O)cc42)[C@@H]3C1. The zero-order valence-corrected chi connectivity index (χ0v) is 15.7. The average Bonchev–Trinajstić information content (AvgIpc) is 2.69. The number of likely N-dealkylation sites (tertiary alicyclic amines) is 2. The molecule has 4 rings (SSSR count). The summed E-state index contributed by atoms with van der Waals surface area (Å²) in [5.41, 5.74) is 2.88. The minimum absolute atomic E-state index is 0.0636. The molecule has 1 aromatic rings. The van der Waals surface area contributed by atoms with Crippen LogP contribution in [0.3, 0.4) is 0 Å². The third-order valence-electron chi connectivity index (χ3n) is 6.98. The lowest BCUT2D eigenvalue weighted by atomic mass is 9.56. The van der Waals surface area contributed by atoms with Gasteiger partial charge in [-0.2, -0.15) is 0 Å². The maximum absolute atomic E-state index is 12.6. The minimum atomic E-state index is 0.0636. The van der Waals surface area contributed by atoms with E-state index in [1.807, 2.05) is 26.0 Å². The number of phenols is 1. The van der Waals surface area contributed by atoms with Crippen LogP contribution in [0, 0.1) is 11.8 Å². The van der Waals surface area contributed by atoms with Crippen molar-refractivity contribution in [3.63, 3.8) is 0 Å². The molecular weight excluding hydrogens is 312 g/mol. The molecule has 3 aliphatic rings. The van der Waals surface area contributed by atoms with Crippen molar-refractivity contribution in [1.82, 2.24) is 9.80 Å². The number of hydrogen-bond donors (Lipinski definition) is 1. The third-order valence-corrected chi connectivity index (χ3v) is 6.98. The van der Waals surface area contributed by atoms with Crippen molar-refractivity contribution in [2.24, 2.45) is 11.8 Å². The number of benzene rings is 1. The molecule has 1 aliphatic carbocycles. The normalized spacial score (nSPS) is 32.1. The highest BCUT2D eigenvalue weighted by Crippen LogP contribution is 2.53. The predicted octanol–water partition coefficient (Wildman–Crippen LogP) is 2.78. The molecule has 0 saturated carbocycles. The summed E-state index contributed by atoms with van der Waals surface area (Å²) in [6, 6.07) is 6.46. The zero-order chi connectivity index (χ0) is 17.8. The van der Waals surface area contributed by atoms with E-state index in [0.717, 1.165) is 32.5 Å². The second kappa shape index (κ2) is 6.01. The van der Waals surface area contributed by atoms with Gasteiger partial charge in [0.1, 0.15) is 5.75 Å². The molecule has 1 amide bonds. The summed E-state index contributed by atoms with van der Waals surface area (Å²) in [6.45, 7) is 6.83. The Morgan fingerprint density at radius 2 is 2.08 bits per heavy atom. The summed E-state index contributed by atoms with van der Waals surface area (Å²) in [6.07, 6.45) is 4.41. The van der Waals surface area contributed by atoms with Gasteiger partial charge in [0.2, 0.25) is 5.91 Å². The van der Waals surface area contributed by atoms with Gasteiger partial charge in [0.25, 0.3) is 0 Å². The van der Waals surface area contributed by atoms with E-state index in [0.29, 0.717) is 17.7 Å². The molecule has 2 saturated heterocycles. The van der Waals surface area contributed by atoms with Gasteiger partial charge in [0.05, 0.1) is 0 Å². The van der Waals surface area contributed by atoms with Gasteiger partial charge in [0, 0.05) is 36.4 Å². The van der Waals surface area contributed by atoms with Gasteiger partial charge in [-0.3, -0.25) is 4.79 Å². The van der Waals surface area contributed by atoms with Crippen molar-refractivity contribution in [3.8, 4) is 5.75 Å². The standard InChI is InChI=1S/C21H30N2O2/c1-14(2)20(25)23-10-8-21-7-4-9-22(3)19(18(21)13-23)11-15-5-6-16(24)12-17(15)21/h5-6,12,14,18-19,24H,4,7-11,13H2,1-3H3/t18-,19+,21+/m0/s1. The smallest absolute Gasteiger partial charge is 0.225 e. The second-order valence-corrected chi connectivity index (χ2v) is 8.65. The molecule has 2 heterocycles. The molecule has 0 spiro atoms. The van der Waals surface area contributed by atoms with Crippen molar-refractivity contribution < 1.29 is 9.90 Å². The molecule has 25 heavy (non-hydrogen) atoms. The van der Waals surface area contributed by atoms with Gasteiger partial charge >= 0.3 is 0 Å². The molecule has 1 aromatic carbocycles. The first-order chi connectivity index (χ1) is 11.9. The Bertz CT molecular complexity index is 686. The summed E-state index contributed by atoms with van der Waals surface area (Å²) < 4.78 is 0. The van der Waals surface area contributed by atoms with E-state index < -0.39 is 0 Å². The minimum Gasteiger partial charge on any atom is -0.508 e. The van der Waals surface area contributed by atoms with Crippen LogP contribution in [-0.2, 0) is 16.6 Å². The van der Waals surface area contributed by atoms with Crippen LogP contribution >= 0.6 is 0 Å². The zero-order valence-electron chi connectivity index (χ0n) is 15.7. The van der Waals surface area contributed by atoms with Crippen LogP contribution in [0.4, 0.5) is 0 Å². The van der Waals surface area contributed by atoms with Crippen LogP contribution in [0.2, 0.25) is 0 Å². The number of hydrogen-bond acceptors (Lipinski definition) is 3. The van der Waals surface area contributed by atoms with Crippen LogP contribution in [0.5, 0.6) is 5.75 Å². The fourth-order valence-electron chi connectivity index (χ4n) is 5.70. The van der Waals surface area contributed by atoms with E-state index in [-0.39, 0.29) is 17.2 Å². The van der Waals surface area contributed by atoms with Gasteiger partial charge in [-0.25, -0.2) is 0 Å². The second-order valence-electron chi connectivity index (χ2n) is 8.65. The van der Waals surface area contributed by atoms with Gasteiger partial charge in [-0.05, 0) is 62.5 Å².